The normalized spacial score (nSPS) is 39.2. The zero-order valence-corrected chi connectivity index (χ0v) is 12.0. The van der Waals surface area contributed by atoms with Crippen molar-refractivity contribution in [3.05, 3.63) is 0 Å². The third-order valence-corrected chi connectivity index (χ3v) is 3.92. The molecule has 5 heteroatoms. The van der Waals surface area contributed by atoms with Gasteiger partial charge in [-0.2, -0.15) is 0 Å². The lowest BCUT2D eigenvalue weighted by Crippen LogP contribution is -2.58. The van der Waals surface area contributed by atoms with E-state index >= 15 is 0 Å². The first kappa shape index (κ1) is 14.8. The van der Waals surface area contributed by atoms with Crippen LogP contribution in [0, 0.1) is 0 Å². The van der Waals surface area contributed by atoms with Crippen molar-refractivity contribution >= 4 is 5.91 Å². The van der Waals surface area contributed by atoms with Gasteiger partial charge in [-0.3, -0.25) is 4.79 Å². The Bertz CT molecular complexity index is 311. The molecule has 1 heterocycles. The van der Waals surface area contributed by atoms with E-state index in [0.29, 0.717) is 19.6 Å². The predicted molar refractivity (Wildman–Crippen MR) is 72.5 cm³/mol. The van der Waals surface area contributed by atoms with Gasteiger partial charge in [-0.15, -0.1) is 0 Å². The number of carbonyl (C=O) groups excluding carboxylic acids is 1. The van der Waals surface area contributed by atoms with Crippen molar-refractivity contribution in [2.24, 2.45) is 5.73 Å². The maximum Gasteiger partial charge on any atom is 0.220 e. The molecule has 19 heavy (non-hydrogen) atoms. The third kappa shape index (κ3) is 3.91. The Balaban J connectivity index is 1.78. The Labute approximate surface area is 115 Å². The van der Waals surface area contributed by atoms with E-state index in [2.05, 4.69) is 5.32 Å². The van der Waals surface area contributed by atoms with Crippen LogP contribution in [-0.4, -0.2) is 36.5 Å². The summed E-state index contributed by atoms with van der Waals surface area (Å²) in [6.45, 7) is 5.04. The molecule has 1 aliphatic heterocycles. The summed E-state index contributed by atoms with van der Waals surface area (Å²) in [5.74, 6) is -0.298. The zero-order chi connectivity index (χ0) is 13.9. The van der Waals surface area contributed by atoms with Gasteiger partial charge in [-0.05, 0) is 26.2 Å². The summed E-state index contributed by atoms with van der Waals surface area (Å²) in [4.78, 5) is 11.6. The van der Waals surface area contributed by atoms with Crippen molar-refractivity contribution in [2.75, 3.05) is 13.2 Å². The van der Waals surface area contributed by atoms with Crippen molar-refractivity contribution in [1.29, 1.82) is 0 Å². The number of nitrogens with two attached hydrogens (primary N) is 1. The topological polar surface area (TPSA) is 73.6 Å². The van der Waals surface area contributed by atoms with Gasteiger partial charge in [0.25, 0.3) is 0 Å². The number of hydrogen-bond acceptors (Lipinski definition) is 4. The fraction of sp³-hybridized carbons (Fsp3) is 0.929. The molecular formula is C14H26N2O3. The van der Waals surface area contributed by atoms with Gasteiger partial charge in [0.15, 0.2) is 5.79 Å². The van der Waals surface area contributed by atoms with Crippen molar-refractivity contribution in [1.82, 2.24) is 5.32 Å². The van der Waals surface area contributed by atoms with Crippen molar-refractivity contribution in [3.63, 3.8) is 0 Å². The largest absolute Gasteiger partial charge is 0.353 e. The van der Waals surface area contributed by atoms with E-state index in [4.69, 9.17) is 15.2 Å². The first-order valence-electron chi connectivity index (χ1n) is 7.31. The summed E-state index contributed by atoms with van der Waals surface area (Å²) < 4.78 is 11.7. The highest BCUT2D eigenvalue weighted by Gasteiger charge is 2.43. The highest BCUT2D eigenvalue weighted by molar-refractivity contribution is 5.76. The van der Waals surface area contributed by atoms with Crippen LogP contribution in [0.5, 0.6) is 0 Å². The Morgan fingerprint density at radius 2 is 1.89 bits per heavy atom. The van der Waals surface area contributed by atoms with Crippen LogP contribution < -0.4 is 11.1 Å². The average Bonchev–Trinajstić information content (AvgIpc) is 2.37. The van der Waals surface area contributed by atoms with E-state index < -0.39 is 5.79 Å². The SMILES string of the molecule is CCCC(=O)NC1CCC2(CC1)OCC(C)(N)CO2. The van der Waals surface area contributed by atoms with Crippen molar-refractivity contribution in [2.45, 2.75) is 69.7 Å². The molecule has 2 aliphatic rings. The molecule has 0 radical (unpaired) electrons. The summed E-state index contributed by atoms with van der Waals surface area (Å²) >= 11 is 0. The molecule has 0 unspecified atom stereocenters. The molecule has 1 saturated heterocycles. The van der Waals surface area contributed by atoms with Crippen LogP contribution in [0.4, 0.5) is 0 Å². The zero-order valence-electron chi connectivity index (χ0n) is 12.0. The minimum absolute atomic E-state index is 0.156. The number of nitrogens with one attached hydrogen (secondary N) is 1. The van der Waals surface area contributed by atoms with Gasteiger partial charge in [0, 0.05) is 25.3 Å². The average molecular weight is 270 g/mol. The van der Waals surface area contributed by atoms with E-state index in [0.717, 1.165) is 32.1 Å². The Kier molecular flexibility index (Phi) is 4.48. The highest BCUT2D eigenvalue weighted by Crippen LogP contribution is 2.36. The fourth-order valence-corrected chi connectivity index (χ4v) is 2.69. The van der Waals surface area contributed by atoms with Crippen LogP contribution in [0.3, 0.4) is 0 Å². The molecule has 1 spiro atoms. The standard InChI is InChI=1S/C14H26N2O3/c1-3-4-12(17)16-11-5-7-14(8-6-11)18-9-13(2,15)10-19-14/h11H,3-10,15H2,1-2H3,(H,16,17). The van der Waals surface area contributed by atoms with Crippen LogP contribution in [0.25, 0.3) is 0 Å². The Hall–Kier alpha value is -0.650. The first-order chi connectivity index (χ1) is 8.95. The Morgan fingerprint density at radius 3 is 2.42 bits per heavy atom. The van der Waals surface area contributed by atoms with Crippen LogP contribution in [-0.2, 0) is 14.3 Å². The number of ether oxygens (including phenoxy) is 2. The maximum atomic E-state index is 11.6. The third-order valence-electron chi connectivity index (χ3n) is 3.92. The maximum absolute atomic E-state index is 11.6. The summed E-state index contributed by atoms with van der Waals surface area (Å²) in [6, 6.07) is 0.267. The van der Waals surface area contributed by atoms with E-state index in [-0.39, 0.29) is 17.5 Å². The smallest absolute Gasteiger partial charge is 0.220 e. The first-order valence-corrected chi connectivity index (χ1v) is 7.31. The van der Waals surface area contributed by atoms with Gasteiger partial charge in [0.05, 0.1) is 18.8 Å². The lowest BCUT2D eigenvalue weighted by molar-refractivity contribution is -0.298. The fourth-order valence-electron chi connectivity index (χ4n) is 2.69. The molecule has 0 atom stereocenters. The quantitative estimate of drug-likeness (QED) is 0.811. The number of amides is 1. The Morgan fingerprint density at radius 1 is 1.32 bits per heavy atom. The van der Waals surface area contributed by atoms with Gasteiger partial charge < -0.3 is 20.5 Å². The van der Waals surface area contributed by atoms with E-state index in [1.807, 2.05) is 13.8 Å². The molecular weight excluding hydrogens is 244 g/mol. The van der Waals surface area contributed by atoms with Gasteiger partial charge >= 0.3 is 0 Å². The van der Waals surface area contributed by atoms with Crippen LogP contribution in [0.2, 0.25) is 0 Å². The van der Waals surface area contributed by atoms with E-state index in [9.17, 15) is 4.79 Å². The van der Waals surface area contributed by atoms with Crippen molar-refractivity contribution < 1.29 is 14.3 Å². The molecule has 1 saturated carbocycles. The van der Waals surface area contributed by atoms with Gasteiger partial charge in [-0.25, -0.2) is 0 Å². The van der Waals surface area contributed by atoms with Crippen molar-refractivity contribution in [3.8, 4) is 0 Å². The number of carbonyl (C=O) groups is 1. The molecule has 3 N–H and O–H groups in total. The van der Waals surface area contributed by atoms with Gasteiger partial charge in [0.2, 0.25) is 5.91 Å². The molecule has 1 amide bonds. The van der Waals surface area contributed by atoms with Crippen LogP contribution >= 0.6 is 0 Å². The summed E-state index contributed by atoms with van der Waals surface area (Å²) in [7, 11) is 0. The van der Waals surface area contributed by atoms with E-state index in [1.54, 1.807) is 0 Å². The number of hydrogen-bond donors (Lipinski definition) is 2. The predicted octanol–water partition coefficient (Wildman–Crippen LogP) is 1.31. The minimum Gasteiger partial charge on any atom is -0.353 e. The van der Waals surface area contributed by atoms with Gasteiger partial charge in [0.1, 0.15) is 0 Å². The van der Waals surface area contributed by atoms with Crippen LogP contribution in [0.1, 0.15) is 52.4 Å². The molecule has 110 valence electrons. The molecule has 0 aromatic carbocycles. The molecule has 2 fully saturated rings. The summed E-state index contributed by atoms with van der Waals surface area (Å²) in [5, 5.41) is 3.08. The number of rotatable bonds is 3. The molecule has 0 aromatic heterocycles. The summed E-state index contributed by atoms with van der Waals surface area (Å²) in [6.07, 6.45) is 5.00. The molecule has 1 aliphatic carbocycles. The highest BCUT2D eigenvalue weighted by atomic mass is 16.7. The van der Waals surface area contributed by atoms with E-state index in [1.165, 1.54) is 0 Å². The molecule has 2 rings (SSSR count). The second-order valence-corrected chi connectivity index (χ2v) is 6.23. The second kappa shape index (κ2) is 5.77. The monoisotopic (exact) mass is 270 g/mol. The van der Waals surface area contributed by atoms with Crippen LogP contribution in [0.15, 0.2) is 0 Å². The minimum atomic E-state index is -0.454. The lowest BCUT2D eigenvalue weighted by Gasteiger charge is -2.46. The molecule has 5 nitrogen and oxygen atoms in total. The second-order valence-electron chi connectivity index (χ2n) is 6.23. The lowest BCUT2D eigenvalue weighted by atomic mass is 9.88. The molecule has 0 aromatic rings. The molecule has 0 bridgehead atoms. The van der Waals surface area contributed by atoms with Gasteiger partial charge in [-0.1, -0.05) is 6.92 Å². The summed E-state index contributed by atoms with van der Waals surface area (Å²) in [5.41, 5.74) is 5.61.